The summed E-state index contributed by atoms with van der Waals surface area (Å²) in [5, 5.41) is 17.1. The first-order chi connectivity index (χ1) is 5.74. The quantitative estimate of drug-likeness (QED) is 0.504. The van der Waals surface area contributed by atoms with E-state index in [0.717, 1.165) is 0 Å². The summed E-state index contributed by atoms with van der Waals surface area (Å²) in [6.07, 6.45) is 3.30. The molecule has 0 atom stereocenters. The number of aromatic amines is 1. The van der Waals surface area contributed by atoms with Crippen LogP contribution >= 0.6 is 0 Å². The number of nitrogens with zero attached hydrogens (tertiary/aromatic N) is 1. The normalized spacial score (nSPS) is 10.1. The van der Waals surface area contributed by atoms with Gasteiger partial charge in [-0.15, -0.1) is 0 Å². The molecule has 0 spiro atoms. The van der Waals surface area contributed by atoms with Crippen LogP contribution in [0.3, 0.4) is 0 Å². The Morgan fingerprint density at radius 3 is 3.00 bits per heavy atom. The Morgan fingerprint density at radius 1 is 1.67 bits per heavy atom. The van der Waals surface area contributed by atoms with Crippen LogP contribution in [-0.4, -0.2) is 27.8 Å². The maximum Gasteiger partial charge on any atom is 0.315 e. The number of nitrogens with one attached hydrogen (secondary N) is 1. The van der Waals surface area contributed by atoms with Crippen LogP contribution in [0.4, 0.5) is 0 Å². The summed E-state index contributed by atoms with van der Waals surface area (Å²) in [7, 11) is 0. The van der Waals surface area contributed by atoms with Crippen LogP contribution in [0.25, 0.3) is 0 Å². The monoisotopic (exact) mass is 171 g/mol. The molecule has 0 amide bonds. The topological polar surface area (TPSA) is 77.2 Å². The van der Waals surface area contributed by atoms with Crippen molar-refractivity contribution in [1.29, 1.82) is 0 Å². The van der Waals surface area contributed by atoms with Crippen molar-refractivity contribution in [3.05, 3.63) is 18.2 Å². The molecule has 0 unspecified atom stereocenters. The zero-order valence-electron chi connectivity index (χ0n) is 6.53. The molecule has 0 aromatic carbocycles. The lowest BCUT2D eigenvalue weighted by molar-refractivity contribution is -0.703. The third kappa shape index (κ3) is 2.06. The van der Waals surface area contributed by atoms with Gasteiger partial charge >= 0.3 is 5.97 Å². The van der Waals surface area contributed by atoms with Gasteiger partial charge in [0.25, 0.3) is 5.82 Å². The predicted octanol–water partition coefficient (Wildman–Crippen LogP) is -1.08. The summed E-state index contributed by atoms with van der Waals surface area (Å²) < 4.78 is 1.67. The minimum atomic E-state index is -0.885. The van der Waals surface area contributed by atoms with Gasteiger partial charge in [0.05, 0.1) is 6.61 Å². The SMILES string of the molecule is O=C(O)Cc1[nH]cc[n+]1CCO. The van der Waals surface area contributed by atoms with Crippen LogP contribution in [0.1, 0.15) is 5.82 Å². The van der Waals surface area contributed by atoms with Gasteiger partial charge in [-0.3, -0.25) is 4.79 Å². The van der Waals surface area contributed by atoms with Gasteiger partial charge in [0.1, 0.15) is 25.4 Å². The molecule has 5 heteroatoms. The molecule has 1 heterocycles. The standard InChI is InChI=1S/C7H10N2O3/c10-4-3-9-2-1-8-6(9)5-7(11)12/h1-2,10H,3-5H2,(H,11,12)/p+1. The Balaban J connectivity index is 2.69. The van der Waals surface area contributed by atoms with Gasteiger partial charge < -0.3 is 10.2 Å². The number of H-pyrrole nitrogens is 1. The molecule has 1 aromatic heterocycles. The van der Waals surface area contributed by atoms with E-state index in [0.29, 0.717) is 12.4 Å². The Labute approximate surface area is 69.3 Å². The predicted molar refractivity (Wildman–Crippen MR) is 39.4 cm³/mol. The molecule has 5 nitrogen and oxygen atoms in total. The molecule has 0 saturated carbocycles. The van der Waals surface area contributed by atoms with E-state index in [4.69, 9.17) is 10.2 Å². The second-order valence-corrected chi connectivity index (χ2v) is 2.39. The highest BCUT2D eigenvalue weighted by Gasteiger charge is 2.13. The highest BCUT2D eigenvalue weighted by atomic mass is 16.4. The molecular formula is C7H11N2O3+. The van der Waals surface area contributed by atoms with Gasteiger partial charge in [-0.2, -0.15) is 0 Å². The first kappa shape index (κ1) is 8.73. The fourth-order valence-electron chi connectivity index (χ4n) is 1.01. The zero-order valence-corrected chi connectivity index (χ0v) is 6.53. The number of hydrogen-bond acceptors (Lipinski definition) is 2. The smallest absolute Gasteiger partial charge is 0.315 e. The molecule has 0 aliphatic heterocycles. The average Bonchev–Trinajstić information content (AvgIpc) is 2.37. The van der Waals surface area contributed by atoms with Crippen molar-refractivity contribution in [2.24, 2.45) is 0 Å². The lowest BCUT2D eigenvalue weighted by Crippen LogP contribution is -2.38. The highest BCUT2D eigenvalue weighted by Crippen LogP contribution is 1.87. The molecule has 12 heavy (non-hydrogen) atoms. The van der Waals surface area contributed by atoms with E-state index in [1.54, 1.807) is 17.0 Å². The van der Waals surface area contributed by atoms with E-state index in [2.05, 4.69) is 4.98 Å². The number of carbonyl (C=O) groups is 1. The van der Waals surface area contributed by atoms with Gasteiger partial charge in [-0.25, -0.2) is 9.55 Å². The Hall–Kier alpha value is -1.36. The largest absolute Gasteiger partial charge is 0.481 e. The second-order valence-electron chi connectivity index (χ2n) is 2.39. The number of carboxylic acids is 1. The summed E-state index contributed by atoms with van der Waals surface area (Å²) >= 11 is 0. The van der Waals surface area contributed by atoms with Crippen LogP contribution in [0.15, 0.2) is 12.4 Å². The van der Waals surface area contributed by atoms with Gasteiger partial charge in [0.2, 0.25) is 0 Å². The van der Waals surface area contributed by atoms with Gasteiger partial charge in [0, 0.05) is 0 Å². The van der Waals surface area contributed by atoms with Crippen molar-refractivity contribution in [3.8, 4) is 0 Å². The number of hydrogen-bond donors (Lipinski definition) is 3. The first-order valence-electron chi connectivity index (χ1n) is 3.62. The minimum absolute atomic E-state index is 0.00907. The number of aromatic nitrogens is 2. The lowest BCUT2D eigenvalue weighted by atomic mass is 10.4. The van der Waals surface area contributed by atoms with Crippen molar-refractivity contribution in [2.75, 3.05) is 6.61 Å². The molecule has 0 aliphatic rings. The van der Waals surface area contributed by atoms with Crippen LogP contribution in [0, 0.1) is 0 Å². The third-order valence-corrected chi connectivity index (χ3v) is 1.51. The molecule has 1 rings (SSSR count). The Morgan fingerprint density at radius 2 is 2.42 bits per heavy atom. The van der Waals surface area contributed by atoms with Crippen molar-refractivity contribution in [2.45, 2.75) is 13.0 Å². The maximum absolute atomic E-state index is 10.3. The van der Waals surface area contributed by atoms with Gasteiger partial charge in [0.15, 0.2) is 0 Å². The van der Waals surface area contributed by atoms with E-state index in [1.165, 1.54) is 0 Å². The van der Waals surface area contributed by atoms with Crippen molar-refractivity contribution in [1.82, 2.24) is 4.98 Å². The highest BCUT2D eigenvalue weighted by molar-refractivity contribution is 5.68. The number of aliphatic carboxylic acids is 1. The van der Waals surface area contributed by atoms with E-state index in [-0.39, 0.29) is 13.0 Å². The van der Waals surface area contributed by atoms with E-state index < -0.39 is 5.97 Å². The molecule has 3 N–H and O–H groups in total. The molecule has 0 aliphatic carbocycles. The summed E-state index contributed by atoms with van der Waals surface area (Å²) in [5.74, 6) is -0.291. The number of rotatable bonds is 4. The minimum Gasteiger partial charge on any atom is -0.481 e. The van der Waals surface area contributed by atoms with Gasteiger partial charge in [-0.1, -0.05) is 0 Å². The maximum atomic E-state index is 10.3. The first-order valence-corrected chi connectivity index (χ1v) is 3.62. The lowest BCUT2D eigenvalue weighted by Gasteiger charge is -1.94. The summed E-state index contributed by atoms with van der Waals surface area (Å²) in [4.78, 5) is 13.1. The van der Waals surface area contributed by atoms with Crippen molar-refractivity contribution >= 4 is 5.97 Å². The van der Waals surface area contributed by atoms with E-state index in [1.807, 2.05) is 0 Å². The van der Waals surface area contributed by atoms with Crippen LogP contribution in [0.5, 0.6) is 0 Å². The van der Waals surface area contributed by atoms with Crippen molar-refractivity contribution in [3.63, 3.8) is 0 Å². The average molecular weight is 171 g/mol. The number of aliphatic hydroxyl groups is 1. The Bertz CT molecular complexity index is 269. The third-order valence-electron chi connectivity index (χ3n) is 1.51. The molecule has 66 valence electrons. The van der Waals surface area contributed by atoms with Crippen LogP contribution in [-0.2, 0) is 17.8 Å². The van der Waals surface area contributed by atoms with Gasteiger partial charge in [-0.05, 0) is 0 Å². The summed E-state index contributed by atoms with van der Waals surface area (Å²) in [6.45, 7) is 0.432. The fraction of sp³-hybridized carbons (Fsp3) is 0.429. The molecule has 0 fully saturated rings. The zero-order chi connectivity index (χ0) is 8.97. The molecule has 0 radical (unpaired) electrons. The molecule has 0 saturated heterocycles. The summed E-state index contributed by atoms with van der Waals surface area (Å²) in [6, 6.07) is 0. The number of carboxylic acid groups (broad SMARTS) is 1. The Kier molecular flexibility index (Phi) is 2.82. The number of imidazole rings is 1. The van der Waals surface area contributed by atoms with E-state index >= 15 is 0 Å². The second kappa shape index (κ2) is 3.87. The van der Waals surface area contributed by atoms with E-state index in [9.17, 15) is 4.79 Å². The van der Waals surface area contributed by atoms with Crippen molar-refractivity contribution < 1.29 is 19.6 Å². The summed E-state index contributed by atoms with van der Waals surface area (Å²) in [5.41, 5.74) is 0. The molecular weight excluding hydrogens is 160 g/mol. The number of aliphatic hydroxyl groups excluding tert-OH is 1. The molecule has 1 aromatic rings. The van der Waals surface area contributed by atoms with Crippen LogP contribution < -0.4 is 4.57 Å². The molecule has 0 bridgehead atoms. The fourth-order valence-corrected chi connectivity index (χ4v) is 1.01. The van der Waals surface area contributed by atoms with Crippen LogP contribution in [0.2, 0.25) is 0 Å².